The molecule has 0 spiro atoms. The highest BCUT2D eigenvalue weighted by molar-refractivity contribution is 5.80. The van der Waals surface area contributed by atoms with Crippen LogP contribution in [-0.4, -0.2) is 30.1 Å². The van der Waals surface area contributed by atoms with E-state index in [0.29, 0.717) is 6.54 Å². The second-order valence-corrected chi connectivity index (χ2v) is 6.53. The van der Waals surface area contributed by atoms with Crippen LogP contribution < -0.4 is 0 Å². The van der Waals surface area contributed by atoms with E-state index >= 15 is 0 Å². The molecule has 1 aliphatic carbocycles. The van der Waals surface area contributed by atoms with Crippen molar-refractivity contribution in [2.75, 3.05) is 0 Å². The van der Waals surface area contributed by atoms with Gasteiger partial charge in [-0.1, -0.05) is 16.8 Å². The molecular weight excluding hydrogens is 316 g/mol. The van der Waals surface area contributed by atoms with E-state index in [0.717, 1.165) is 46.6 Å². The van der Waals surface area contributed by atoms with E-state index in [1.165, 1.54) is 24.8 Å². The van der Waals surface area contributed by atoms with E-state index in [1.807, 2.05) is 29.3 Å². The molecule has 0 amide bonds. The lowest BCUT2D eigenvalue weighted by Gasteiger charge is -2.00. The maximum atomic E-state index is 5.55. The number of aromatic nitrogens is 6. The molecule has 0 saturated heterocycles. The van der Waals surface area contributed by atoms with E-state index < -0.39 is 0 Å². The van der Waals surface area contributed by atoms with Crippen LogP contribution in [0.4, 0.5) is 0 Å². The topological polar surface area (TPSA) is 85.4 Å². The number of nitrogens with zero attached hydrogens (tertiary/aromatic N) is 5. The normalized spacial score (nSPS) is 14.6. The van der Waals surface area contributed by atoms with Crippen LogP contribution in [0.1, 0.15) is 36.3 Å². The van der Waals surface area contributed by atoms with E-state index in [-0.39, 0.29) is 0 Å². The quantitative estimate of drug-likeness (QED) is 0.582. The number of nitrogens with one attached hydrogen (secondary N) is 1. The highest BCUT2D eigenvalue weighted by Gasteiger charge is 2.19. The van der Waals surface area contributed by atoms with E-state index in [2.05, 4.69) is 31.5 Å². The molecule has 0 radical (unpaired) electrons. The van der Waals surface area contributed by atoms with Crippen molar-refractivity contribution in [2.45, 2.75) is 38.6 Å². The second kappa shape index (κ2) is 5.84. The first-order valence-corrected chi connectivity index (χ1v) is 8.67. The Hall–Kier alpha value is -2.96. The van der Waals surface area contributed by atoms with Gasteiger partial charge in [0.25, 0.3) is 0 Å². The minimum absolute atomic E-state index is 0.589. The van der Waals surface area contributed by atoms with Crippen molar-refractivity contribution in [3.8, 4) is 11.3 Å². The van der Waals surface area contributed by atoms with Gasteiger partial charge in [-0.3, -0.25) is 0 Å². The number of rotatable bonds is 3. The van der Waals surface area contributed by atoms with Crippen LogP contribution in [0.3, 0.4) is 0 Å². The minimum Gasteiger partial charge on any atom is -0.361 e. The van der Waals surface area contributed by atoms with Gasteiger partial charge < -0.3 is 9.51 Å². The molecule has 0 saturated carbocycles. The third-order valence-electron chi connectivity index (χ3n) is 4.83. The third kappa shape index (κ3) is 2.61. The van der Waals surface area contributed by atoms with Gasteiger partial charge >= 0.3 is 0 Å². The highest BCUT2D eigenvalue weighted by atomic mass is 16.5. The van der Waals surface area contributed by atoms with Gasteiger partial charge in [0.05, 0.1) is 12.7 Å². The summed E-state index contributed by atoms with van der Waals surface area (Å²) in [6, 6.07) is 4.07. The van der Waals surface area contributed by atoms with Crippen molar-refractivity contribution in [3.63, 3.8) is 0 Å². The van der Waals surface area contributed by atoms with Gasteiger partial charge in [0, 0.05) is 35.3 Å². The van der Waals surface area contributed by atoms with Gasteiger partial charge in [0.2, 0.25) is 0 Å². The minimum atomic E-state index is 0.589. The summed E-state index contributed by atoms with van der Waals surface area (Å²) in [6.07, 6.45) is 11.3. The van der Waals surface area contributed by atoms with Crippen molar-refractivity contribution in [1.82, 2.24) is 30.1 Å². The Labute approximate surface area is 144 Å². The van der Waals surface area contributed by atoms with Gasteiger partial charge in [-0.15, -0.1) is 5.10 Å². The third-order valence-corrected chi connectivity index (χ3v) is 4.83. The molecule has 1 aliphatic rings. The number of H-pyrrole nitrogens is 1. The van der Waals surface area contributed by atoms with Gasteiger partial charge in [-0.2, -0.15) is 0 Å². The molecular formula is C18H18N6O. The number of pyridine rings is 1. The van der Waals surface area contributed by atoms with Gasteiger partial charge in [-0.05, 0) is 31.4 Å². The van der Waals surface area contributed by atoms with Crippen molar-refractivity contribution < 1.29 is 4.52 Å². The lowest BCUT2D eigenvalue weighted by molar-refractivity contribution is 0.372. The fourth-order valence-electron chi connectivity index (χ4n) is 3.49. The summed E-state index contributed by atoms with van der Waals surface area (Å²) < 4.78 is 7.36. The lowest BCUT2D eigenvalue weighted by Crippen LogP contribution is -2.03. The molecule has 0 bridgehead atoms. The predicted molar refractivity (Wildman–Crippen MR) is 92.0 cm³/mol. The standard InChI is InChI=1S/C18H18N6O/c1-2-4-14-16(22-25-17(14)5-3-1)11-24-10-15(21-23-24)13-8-12-6-7-19-18(12)20-9-13/h6-10H,1-5,11H2,(H,19,20). The molecule has 0 atom stereocenters. The zero-order valence-electron chi connectivity index (χ0n) is 13.8. The smallest absolute Gasteiger partial charge is 0.140 e. The van der Waals surface area contributed by atoms with Crippen LogP contribution in [-0.2, 0) is 19.4 Å². The lowest BCUT2D eigenvalue weighted by atomic mass is 10.1. The van der Waals surface area contributed by atoms with Crippen molar-refractivity contribution in [2.24, 2.45) is 0 Å². The zero-order valence-corrected chi connectivity index (χ0v) is 13.8. The van der Waals surface area contributed by atoms with E-state index in [1.54, 1.807) is 0 Å². The predicted octanol–water partition coefficient (Wildman–Crippen LogP) is 3.13. The van der Waals surface area contributed by atoms with Crippen LogP contribution in [0.25, 0.3) is 22.3 Å². The zero-order chi connectivity index (χ0) is 16.6. The Bertz CT molecular complexity index is 1030. The first kappa shape index (κ1) is 14.4. The Morgan fingerprint density at radius 1 is 1.20 bits per heavy atom. The number of hydrogen-bond donors (Lipinski definition) is 1. The van der Waals surface area contributed by atoms with Gasteiger partial charge in [0.1, 0.15) is 22.8 Å². The summed E-state index contributed by atoms with van der Waals surface area (Å²) in [7, 11) is 0. The SMILES string of the molecule is c1cc2cc(-c3cn(Cc4noc5c4CCCCC5)nn3)cnc2[nH]1. The maximum Gasteiger partial charge on any atom is 0.140 e. The van der Waals surface area contributed by atoms with Crippen molar-refractivity contribution in [3.05, 3.63) is 47.7 Å². The molecule has 126 valence electrons. The molecule has 0 aromatic carbocycles. The number of aromatic amines is 1. The summed E-state index contributed by atoms with van der Waals surface area (Å²) in [5.74, 6) is 1.05. The van der Waals surface area contributed by atoms with Crippen LogP contribution in [0, 0.1) is 0 Å². The van der Waals surface area contributed by atoms with Crippen molar-refractivity contribution >= 4 is 11.0 Å². The average molecular weight is 334 g/mol. The van der Waals surface area contributed by atoms with Gasteiger partial charge in [0.15, 0.2) is 0 Å². The van der Waals surface area contributed by atoms with E-state index in [9.17, 15) is 0 Å². The first-order chi connectivity index (χ1) is 12.4. The number of hydrogen-bond acceptors (Lipinski definition) is 5. The Kier molecular flexibility index (Phi) is 3.36. The molecule has 7 nitrogen and oxygen atoms in total. The van der Waals surface area contributed by atoms with Crippen LogP contribution in [0.2, 0.25) is 0 Å². The molecule has 0 unspecified atom stereocenters. The van der Waals surface area contributed by atoms with Crippen LogP contribution in [0.15, 0.2) is 35.2 Å². The van der Waals surface area contributed by atoms with Gasteiger partial charge in [-0.25, -0.2) is 9.67 Å². The summed E-state index contributed by atoms with van der Waals surface area (Å²) in [5, 5.41) is 13.9. The maximum absolute atomic E-state index is 5.55. The monoisotopic (exact) mass is 334 g/mol. The Morgan fingerprint density at radius 2 is 2.16 bits per heavy atom. The largest absolute Gasteiger partial charge is 0.361 e. The average Bonchev–Trinajstić information content (AvgIpc) is 3.33. The molecule has 4 heterocycles. The Balaban J connectivity index is 1.42. The molecule has 0 aliphatic heterocycles. The second-order valence-electron chi connectivity index (χ2n) is 6.53. The first-order valence-electron chi connectivity index (χ1n) is 8.67. The summed E-state index contributed by atoms with van der Waals surface area (Å²) in [5.41, 5.74) is 4.89. The summed E-state index contributed by atoms with van der Waals surface area (Å²) >= 11 is 0. The summed E-state index contributed by atoms with van der Waals surface area (Å²) in [4.78, 5) is 7.51. The molecule has 1 N–H and O–H groups in total. The molecule has 0 fully saturated rings. The number of fused-ring (bicyclic) bond motifs is 2. The Morgan fingerprint density at radius 3 is 3.16 bits per heavy atom. The fourth-order valence-corrected chi connectivity index (χ4v) is 3.49. The molecule has 4 aromatic rings. The van der Waals surface area contributed by atoms with E-state index in [4.69, 9.17) is 4.52 Å². The van der Waals surface area contributed by atoms with Crippen LogP contribution >= 0.6 is 0 Å². The molecule has 7 heteroatoms. The molecule has 5 rings (SSSR count). The van der Waals surface area contributed by atoms with Crippen molar-refractivity contribution in [1.29, 1.82) is 0 Å². The molecule has 25 heavy (non-hydrogen) atoms. The van der Waals surface area contributed by atoms with Crippen LogP contribution in [0.5, 0.6) is 0 Å². The molecule has 4 aromatic heterocycles. The summed E-state index contributed by atoms with van der Waals surface area (Å²) in [6.45, 7) is 0.589. The fraction of sp³-hybridized carbons (Fsp3) is 0.333. The number of aryl methyl sites for hydroxylation is 1. The highest BCUT2D eigenvalue weighted by Crippen LogP contribution is 2.25.